The topological polar surface area (TPSA) is 63.6 Å². The van der Waals surface area contributed by atoms with Crippen molar-refractivity contribution >= 4 is 17.5 Å². The molecule has 1 aliphatic rings. The molecule has 27 heavy (non-hydrogen) atoms. The van der Waals surface area contributed by atoms with Crippen molar-refractivity contribution in [2.75, 3.05) is 6.61 Å². The first kappa shape index (κ1) is 18.4. The molecule has 0 aromatic heterocycles. The van der Waals surface area contributed by atoms with E-state index in [9.17, 15) is 14.7 Å². The van der Waals surface area contributed by atoms with E-state index in [1.165, 1.54) is 6.08 Å². The van der Waals surface area contributed by atoms with E-state index in [0.717, 1.165) is 0 Å². The lowest BCUT2D eigenvalue weighted by atomic mass is 9.95. The van der Waals surface area contributed by atoms with E-state index in [1.807, 2.05) is 24.3 Å². The molecule has 0 saturated carbocycles. The highest BCUT2D eigenvalue weighted by Crippen LogP contribution is 2.37. The minimum atomic E-state index is -0.577. The smallest absolute Gasteiger partial charge is 0.338 e. The number of carbonyl (C=O) groups is 2. The van der Waals surface area contributed by atoms with E-state index >= 15 is 0 Å². The van der Waals surface area contributed by atoms with Crippen LogP contribution in [-0.2, 0) is 9.53 Å². The number of allylic oxidation sites excluding steroid dienone is 3. The first-order valence-corrected chi connectivity index (χ1v) is 8.73. The summed E-state index contributed by atoms with van der Waals surface area (Å²) in [6.45, 7) is 3.64. The van der Waals surface area contributed by atoms with Crippen LogP contribution >= 0.6 is 0 Å². The average Bonchev–Trinajstić information content (AvgIpc) is 3.05. The van der Waals surface area contributed by atoms with Crippen LogP contribution in [0, 0.1) is 0 Å². The van der Waals surface area contributed by atoms with Gasteiger partial charge in [-0.2, -0.15) is 0 Å². The van der Waals surface area contributed by atoms with Crippen molar-refractivity contribution in [3.63, 3.8) is 0 Å². The van der Waals surface area contributed by atoms with Gasteiger partial charge in [-0.25, -0.2) is 4.79 Å². The molecule has 0 radical (unpaired) electrons. The Morgan fingerprint density at radius 3 is 2.04 bits per heavy atom. The number of esters is 1. The van der Waals surface area contributed by atoms with E-state index in [0.29, 0.717) is 22.3 Å². The Balaban J connectivity index is 2.16. The van der Waals surface area contributed by atoms with Crippen molar-refractivity contribution in [3.05, 3.63) is 100 Å². The van der Waals surface area contributed by atoms with E-state index in [-0.39, 0.29) is 29.3 Å². The van der Waals surface area contributed by atoms with Gasteiger partial charge in [0, 0.05) is 22.3 Å². The number of hydrogen-bond acceptors (Lipinski definition) is 4. The summed E-state index contributed by atoms with van der Waals surface area (Å²) >= 11 is 0. The monoisotopic (exact) mass is 360 g/mol. The zero-order chi connectivity index (χ0) is 19.4. The maximum Gasteiger partial charge on any atom is 0.338 e. The maximum atomic E-state index is 13.1. The highest BCUT2D eigenvalue weighted by atomic mass is 16.5. The van der Waals surface area contributed by atoms with Crippen molar-refractivity contribution in [2.45, 2.75) is 13.8 Å². The molecular weight excluding hydrogens is 340 g/mol. The third kappa shape index (κ3) is 3.60. The largest absolute Gasteiger partial charge is 0.507 e. The van der Waals surface area contributed by atoms with Crippen LogP contribution in [0.3, 0.4) is 0 Å². The summed E-state index contributed by atoms with van der Waals surface area (Å²) in [6.07, 6.45) is 1.53. The second-order valence-corrected chi connectivity index (χ2v) is 6.10. The number of carbonyl (C=O) groups excluding carboxylic acids is 2. The van der Waals surface area contributed by atoms with Crippen LogP contribution < -0.4 is 0 Å². The van der Waals surface area contributed by atoms with Crippen molar-refractivity contribution in [3.8, 4) is 0 Å². The lowest BCUT2D eigenvalue weighted by Crippen LogP contribution is -2.14. The van der Waals surface area contributed by atoms with Gasteiger partial charge in [-0.3, -0.25) is 4.79 Å². The Morgan fingerprint density at radius 1 is 0.926 bits per heavy atom. The first-order valence-electron chi connectivity index (χ1n) is 8.73. The summed E-state index contributed by atoms with van der Waals surface area (Å²) in [5.41, 5.74) is 2.51. The molecule has 1 N–H and O–H groups in total. The molecule has 0 bridgehead atoms. The van der Waals surface area contributed by atoms with Gasteiger partial charge in [0.1, 0.15) is 5.76 Å². The van der Waals surface area contributed by atoms with Gasteiger partial charge < -0.3 is 9.84 Å². The molecule has 4 nitrogen and oxygen atoms in total. The number of rotatable bonds is 5. The van der Waals surface area contributed by atoms with Gasteiger partial charge in [-0.1, -0.05) is 60.7 Å². The molecule has 0 spiro atoms. The fourth-order valence-corrected chi connectivity index (χ4v) is 3.06. The van der Waals surface area contributed by atoms with Gasteiger partial charge in [0.15, 0.2) is 5.78 Å². The molecule has 4 heteroatoms. The van der Waals surface area contributed by atoms with Gasteiger partial charge >= 0.3 is 5.97 Å². The van der Waals surface area contributed by atoms with Crippen LogP contribution in [0.25, 0.3) is 5.76 Å². The molecule has 0 amide bonds. The number of ketones is 1. The minimum Gasteiger partial charge on any atom is -0.507 e. The van der Waals surface area contributed by atoms with Gasteiger partial charge in [-0.15, -0.1) is 0 Å². The highest BCUT2D eigenvalue weighted by molar-refractivity contribution is 6.20. The summed E-state index contributed by atoms with van der Waals surface area (Å²) < 4.78 is 5.13. The third-order valence-electron chi connectivity index (χ3n) is 4.40. The minimum absolute atomic E-state index is 0.0192. The van der Waals surface area contributed by atoms with E-state index < -0.39 is 5.97 Å². The van der Waals surface area contributed by atoms with Gasteiger partial charge in [0.05, 0.1) is 12.2 Å². The molecule has 2 aromatic rings. The molecule has 0 fully saturated rings. The van der Waals surface area contributed by atoms with E-state index in [4.69, 9.17) is 4.74 Å². The number of aliphatic hydroxyl groups is 1. The van der Waals surface area contributed by atoms with Gasteiger partial charge in [0.25, 0.3) is 0 Å². The van der Waals surface area contributed by atoms with Crippen molar-refractivity contribution < 1.29 is 19.4 Å². The molecule has 0 atom stereocenters. The van der Waals surface area contributed by atoms with Crippen molar-refractivity contribution in [1.29, 1.82) is 0 Å². The number of benzene rings is 2. The normalized spacial score (nSPS) is 15.4. The molecule has 1 aliphatic carbocycles. The Labute approximate surface area is 158 Å². The van der Waals surface area contributed by atoms with E-state index in [1.54, 1.807) is 50.2 Å². The summed E-state index contributed by atoms with van der Waals surface area (Å²) in [7, 11) is 0. The lowest BCUT2D eigenvalue weighted by Gasteiger charge is -2.09. The first-order chi connectivity index (χ1) is 13.0. The molecular formula is C23H20O4. The Kier molecular flexibility index (Phi) is 5.36. The molecule has 0 aliphatic heterocycles. The Hall–Kier alpha value is -3.40. The second kappa shape index (κ2) is 7.87. The number of hydrogen-bond donors (Lipinski definition) is 1. The number of aliphatic hydroxyl groups excluding tert-OH is 1. The Morgan fingerprint density at radius 2 is 1.48 bits per heavy atom. The predicted octanol–water partition coefficient (Wildman–Crippen LogP) is 4.66. The Bertz CT molecular complexity index is 964. The fraction of sp³-hybridized carbons (Fsp3) is 0.130. The van der Waals surface area contributed by atoms with Gasteiger partial charge in [0.2, 0.25) is 0 Å². The van der Waals surface area contributed by atoms with Crippen LogP contribution in [0.15, 0.2) is 89.0 Å². The summed E-state index contributed by atoms with van der Waals surface area (Å²) in [6, 6.07) is 17.8. The van der Waals surface area contributed by atoms with Crippen molar-refractivity contribution in [1.82, 2.24) is 0 Å². The van der Waals surface area contributed by atoms with Crippen LogP contribution in [0.1, 0.15) is 29.8 Å². The van der Waals surface area contributed by atoms with Gasteiger partial charge in [-0.05, 0) is 25.5 Å². The SMILES string of the molecule is CCOC(=O)C1=C/C(=C(/O)c2ccccc2)C(C)=C1C(=O)c1ccccc1. The highest BCUT2D eigenvalue weighted by Gasteiger charge is 2.32. The quantitative estimate of drug-likeness (QED) is 0.479. The van der Waals surface area contributed by atoms with Crippen LogP contribution in [0.5, 0.6) is 0 Å². The predicted molar refractivity (Wildman–Crippen MR) is 104 cm³/mol. The zero-order valence-corrected chi connectivity index (χ0v) is 15.2. The molecule has 0 heterocycles. The van der Waals surface area contributed by atoms with Crippen LogP contribution in [0.2, 0.25) is 0 Å². The fourth-order valence-electron chi connectivity index (χ4n) is 3.06. The number of ether oxygens (including phenoxy) is 1. The third-order valence-corrected chi connectivity index (χ3v) is 4.40. The average molecular weight is 360 g/mol. The molecule has 136 valence electrons. The van der Waals surface area contributed by atoms with Crippen LogP contribution in [0.4, 0.5) is 0 Å². The van der Waals surface area contributed by atoms with Crippen LogP contribution in [-0.4, -0.2) is 23.5 Å². The second-order valence-electron chi connectivity index (χ2n) is 6.10. The molecule has 0 unspecified atom stereocenters. The summed E-state index contributed by atoms with van der Waals surface area (Å²) in [4.78, 5) is 25.5. The summed E-state index contributed by atoms with van der Waals surface area (Å²) in [5, 5.41) is 10.7. The molecule has 2 aromatic carbocycles. The zero-order valence-electron chi connectivity index (χ0n) is 15.2. The number of Topliss-reactive ketones (excluding diaryl/α,β-unsaturated/α-hetero) is 1. The summed E-state index contributed by atoms with van der Waals surface area (Å²) in [5.74, 6) is -0.832. The standard InChI is InChI=1S/C23H20O4/c1-3-27-23(26)19-14-18(21(24)16-10-6-4-7-11-16)15(2)20(19)22(25)17-12-8-5-9-13-17/h4-14,24H,3H2,1-2H3/b21-18-. The lowest BCUT2D eigenvalue weighted by molar-refractivity contribution is -0.138. The molecule has 0 saturated heterocycles. The van der Waals surface area contributed by atoms with Crippen molar-refractivity contribution in [2.24, 2.45) is 0 Å². The van der Waals surface area contributed by atoms with E-state index in [2.05, 4.69) is 0 Å². The maximum absolute atomic E-state index is 13.1. The molecule has 3 rings (SSSR count).